The fraction of sp³-hybridized carbons (Fsp3) is 0.310. The molecule has 0 bridgehead atoms. The number of amides is 6. The molecule has 0 aliphatic carbocycles. The second-order valence-corrected chi connectivity index (χ2v) is 45.6. The Bertz CT molecular complexity index is 6720. The van der Waals surface area contributed by atoms with Crippen molar-refractivity contribution in [3.8, 4) is 31.7 Å². The second kappa shape index (κ2) is 55.7. The van der Waals surface area contributed by atoms with Gasteiger partial charge in [0.15, 0.2) is 0 Å². The lowest BCUT2D eigenvalue weighted by molar-refractivity contribution is 0.0943. The number of rotatable bonds is 31. The van der Waals surface area contributed by atoms with Crippen LogP contribution in [0, 0.1) is 0 Å². The standard InChI is InChI=1S/C31H32N4O4S3.C28H25N3O7S4.C27H23N3O5S3.C5H10O.C4H11N.C4H8O.CH4.Cl2/c1-3-35(4-2)16-7-17-40-23-13-10-21(11-14-23)31-33-20-24(41-31)19-32-29(36)22-12-15-28-26(18-22)34-30(37)25-8-5-6-9-27(25)42(28,38)39;1-41(34,35)38-13-4-14-39-20-10-7-18(8-11-20)28-30-17-21(40-28)16-29-26(32)19-9-12-25-23(15-19)31-27(33)22-5-2-3-6-24(22)42(25,36)37;31-12-3-13-36-19-9-6-17(7-10-19)27-29-16-20(37-27)15-28-25(32)18-8-11-24-22(14-18)30-26(33)21-4-1-2-5-23(21)38(24,34)35;1-5-3-2-4-6-5;1-3-5-4-2;1-2-4-5-3-1;;1-2/h5-6,8-15,18,20H,3-4,7,16-17,19H2,1-2H3,(H,32,36)(H,34,37);2-3,5-12,15,17H,4,13-14,16H2,1H3,(H,29,32)(H,31,33);1-2,4-11,14,16,31H,3,12-13,15H2,(H,28,32)(H,30,33);5H,2-4H2,1H3;5H,3-4H2,1-2H3;1-4H2;1H4;. The first-order valence-electron chi connectivity index (χ1n) is 45.0. The summed E-state index contributed by atoms with van der Waals surface area (Å²) in [5.74, 6) is -0.203. The van der Waals surface area contributed by atoms with Crippen molar-refractivity contribution in [3.05, 3.63) is 267 Å². The molecule has 5 aliphatic heterocycles. The number of anilines is 3. The van der Waals surface area contributed by atoms with E-state index in [1.165, 1.54) is 156 Å². The molecule has 750 valence electrons. The minimum atomic E-state index is -3.96. The SMILES string of the molecule is C.C1CCOC1.CC1CCCO1.CCN(CC)CCCSc1ccc(-c2ncc(CNC(=O)c3ccc4c(c3)NC(=O)c3ccccc3S4(=O)=O)s2)cc1.CCNCC.CS(=O)(=O)OCCCSc1ccc(-c2ncc(CNC(=O)c3ccc4c(c3)NC(=O)c3ccccc3S4(=O)=O)s2)cc1.ClCl.O=C(NCc1cnc(-c2ccc(SCCCO)cc2)s1)c1ccc2c(c1)NC(=O)c1ccccc1S2(=O)=O. The Balaban J connectivity index is 0.000000198. The maximum absolute atomic E-state index is 13.2. The number of ether oxygens (including phenoxy) is 2. The van der Waals surface area contributed by atoms with Crippen molar-refractivity contribution in [2.24, 2.45) is 0 Å². The number of thioether (sulfide) groups is 3. The molecule has 5 aliphatic rings. The second-order valence-electron chi connectivity index (χ2n) is 31.5. The molecule has 8 N–H and O–H groups in total. The molecule has 12 aromatic rings. The number of sulfone groups is 3. The van der Waals surface area contributed by atoms with Crippen molar-refractivity contribution in [1.29, 1.82) is 0 Å². The molecule has 17 rings (SSSR count). The highest BCUT2D eigenvalue weighted by atomic mass is 36.5. The summed E-state index contributed by atoms with van der Waals surface area (Å²) >= 11 is 9.55. The van der Waals surface area contributed by atoms with Gasteiger partial charge in [-0.3, -0.25) is 33.0 Å². The largest absolute Gasteiger partial charge is 0.396 e. The highest BCUT2D eigenvalue weighted by Crippen LogP contribution is 2.40. The summed E-state index contributed by atoms with van der Waals surface area (Å²) in [6.45, 7) is 20.3. The summed E-state index contributed by atoms with van der Waals surface area (Å²) < 4.78 is 116. The first-order valence-corrected chi connectivity index (χ1v) is 57.8. The predicted molar refractivity (Wildman–Crippen MR) is 564 cm³/mol. The Morgan fingerprint density at radius 1 is 0.482 bits per heavy atom. The van der Waals surface area contributed by atoms with Gasteiger partial charge in [-0.2, -0.15) is 8.42 Å². The molecule has 141 heavy (non-hydrogen) atoms. The molecule has 0 radical (unpaired) electrons. The molecular weight excluding hydrogens is 2030 g/mol. The van der Waals surface area contributed by atoms with Crippen LogP contribution < -0.4 is 37.2 Å². The number of aliphatic hydroxyl groups excluding tert-OH is 1. The van der Waals surface area contributed by atoms with Crippen molar-refractivity contribution >= 4 is 183 Å². The summed E-state index contributed by atoms with van der Waals surface area (Å²) in [4.78, 5) is 98.2. The Hall–Kier alpha value is -10.1. The monoisotopic (exact) mass is 2150 g/mol. The summed E-state index contributed by atoms with van der Waals surface area (Å²) in [5, 5.41) is 30.9. The number of nitrogens with zero attached hydrogens (tertiary/aromatic N) is 4. The van der Waals surface area contributed by atoms with Gasteiger partial charge in [0, 0.05) is 141 Å². The van der Waals surface area contributed by atoms with E-state index in [-0.39, 0.29) is 126 Å². The zero-order chi connectivity index (χ0) is 100. The molecule has 0 saturated carbocycles. The average molecular weight is 2150 g/mol. The normalized spacial score (nSPS) is 14.5. The van der Waals surface area contributed by atoms with E-state index < -0.39 is 69.2 Å². The number of fused-ring (bicyclic) bond motifs is 6. The third kappa shape index (κ3) is 32.2. The molecule has 2 saturated heterocycles. The van der Waals surface area contributed by atoms with Crippen molar-refractivity contribution < 1.29 is 81.2 Å². The molecular formula is C100H113Cl2N11O18S10. The van der Waals surface area contributed by atoms with Gasteiger partial charge in [-0.05, 0) is 218 Å². The molecule has 9 aromatic carbocycles. The molecule has 0 spiro atoms. The fourth-order valence-electron chi connectivity index (χ4n) is 14.3. The summed E-state index contributed by atoms with van der Waals surface area (Å²) in [7, 11) is -7.02. The Labute approximate surface area is 858 Å². The van der Waals surface area contributed by atoms with E-state index in [1.54, 1.807) is 78.5 Å². The number of carbonyl (C=O) groups excluding carboxylic acids is 6. The van der Waals surface area contributed by atoms with Crippen LogP contribution in [-0.4, -0.2) is 189 Å². The molecule has 3 aromatic heterocycles. The van der Waals surface area contributed by atoms with E-state index >= 15 is 0 Å². The number of benzene rings is 9. The maximum atomic E-state index is 13.2. The van der Waals surface area contributed by atoms with Gasteiger partial charge < -0.3 is 56.7 Å². The summed E-state index contributed by atoms with van der Waals surface area (Å²) in [6.07, 6.45) is 14.3. The number of nitrogens with one attached hydrogen (secondary N) is 7. The van der Waals surface area contributed by atoms with E-state index in [4.69, 9.17) is 18.8 Å². The van der Waals surface area contributed by atoms with Gasteiger partial charge in [0.25, 0.3) is 45.6 Å². The van der Waals surface area contributed by atoms with Gasteiger partial charge in [0.2, 0.25) is 29.5 Å². The number of carbonyl (C=O) groups is 6. The van der Waals surface area contributed by atoms with Crippen LogP contribution in [0.2, 0.25) is 0 Å². The van der Waals surface area contributed by atoms with Crippen LogP contribution in [0.1, 0.15) is 164 Å². The third-order valence-electron chi connectivity index (χ3n) is 21.5. The van der Waals surface area contributed by atoms with Crippen LogP contribution in [0.25, 0.3) is 31.7 Å². The molecule has 41 heteroatoms. The Morgan fingerprint density at radius 3 is 1.11 bits per heavy atom. The molecule has 29 nitrogen and oxygen atoms in total. The van der Waals surface area contributed by atoms with Crippen molar-refractivity contribution in [2.45, 2.75) is 157 Å². The van der Waals surface area contributed by atoms with E-state index in [2.05, 4.69) is 138 Å². The fourth-order valence-corrected chi connectivity index (χ4v) is 24.6. The van der Waals surface area contributed by atoms with Gasteiger partial charge in [-0.15, -0.1) is 69.3 Å². The third-order valence-corrected chi connectivity index (χ3v) is 34.2. The number of hydrogen-bond acceptors (Lipinski definition) is 29. The Morgan fingerprint density at radius 2 is 0.823 bits per heavy atom. The van der Waals surface area contributed by atoms with Crippen molar-refractivity contribution in [1.82, 2.24) is 41.1 Å². The topological polar surface area (TPSA) is 413 Å². The lowest BCUT2D eigenvalue weighted by Gasteiger charge is -2.17. The average Bonchev–Trinajstić information content (AvgIpc) is 1.64. The van der Waals surface area contributed by atoms with Crippen LogP contribution in [0.5, 0.6) is 0 Å². The number of aliphatic hydroxyl groups is 1. The highest BCUT2D eigenvalue weighted by molar-refractivity contribution is 7.99. The van der Waals surface area contributed by atoms with E-state index in [9.17, 15) is 62.4 Å². The van der Waals surface area contributed by atoms with Gasteiger partial charge in [0.05, 0.1) is 102 Å². The van der Waals surface area contributed by atoms with Crippen LogP contribution in [0.3, 0.4) is 0 Å². The van der Waals surface area contributed by atoms with Crippen LogP contribution >= 0.6 is 91.0 Å². The van der Waals surface area contributed by atoms with Crippen LogP contribution in [-0.2, 0) is 72.9 Å². The van der Waals surface area contributed by atoms with E-state index in [1.807, 2.05) is 60.3 Å². The van der Waals surface area contributed by atoms with Gasteiger partial charge in [-0.1, -0.05) is 108 Å². The predicted octanol–water partition coefficient (Wildman–Crippen LogP) is 19.8. The molecule has 1 atom stereocenters. The first kappa shape index (κ1) is 113. The number of aromatic nitrogens is 3. The molecule has 8 heterocycles. The Kier molecular flexibility index (Phi) is 44.5. The minimum Gasteiger partial charge on any atom is -0.396 e. The zero-order valence-electron chi connectivity index (χ0n) is 77.6. The lowest BCUT2D eigenvalue weighted by atomic mass is 10.1. The quantitative estimate of drug-likeness (QED) is 0.0114. The lowest BCUT2D eigenvalue weighted by Crippen LogP contribution is -2.24. The van der Waals surface area contributed by atoms with Gasteiger partial charge in [0.1, 0.15) is 15.0 Å². The minimum absolute atomic E-state index is 0. The van der Waals surface area contributed by atoms with Crippen LogP contribution in [0.15, 0.2) is 263 Å². The zero-order valence-corrected chi connectivity index (χ0v) is 87.3. The van der Waals surface area contributed by atoms with Gasteiger partial charge >= 0.3 is 0 Å². The first-order chi connectivity index (χ1) is 67.5. The van der Waals surface area contributed by atoms with Crippen molar-refractivity contribution in [3.63, 3.8) is 0 Å². The summed E-state index contributed by atoms with van der Waals surface area (Å²) in [5.41, 5.74) is 3.96. The van der Waals surface area contributed by atoms with Crippen LogP contribution in [0.4, 0.5) is 17.1 Å². The van der Waals surface area contributed by atoms with Gasteiger partial charge in [-0.25, -0.2) is 40.2 Å². The van der Waals surface area contributed by atoms with E-state index in [0.29, 0.717) is 12.5 Å². The number of halogens is 2. The molecule has 6 amide bonds. The smallest absolute Gasteiger partial charge is 0.264 e. The van der Waals surface area contributed by atoms with Crippen molar-refractivity contribution in [2.75, 3.05) is 105 Å². The highest BCUT2D eigenvalue weighted by Gasteiger charge is 2.35. The maximum Gasteiger partial charge on any atom is 0.264 e. The van der Waals surface area contributed by atoms with E-state index in [0.717, 1.165) is 145 Å². The molecule has 1 unspecified atom stereocenters. The number of hydrogen-bond donors (Lipinski definition) is 8. The number of thiazole rings is 3. The summed E-state index contributed by atoms with van der Waals surface area (Å²) in [6, 6.07) is 54.8. The molecule has 2 fully saturated rings.